The van der Waals surface area contributed by atoms with Gasteiger partial charge in [-0.05, 0) is 47.8 Å². The molecular formula is C74H161F15. The fraction of sp³-hybridized carbons (Fsp3) is 1.00. The molecular weight excluding hydrogens is 1170 g/mol. The standard InChI is InChI=1S/C7H14.C6H11F3.C6H12.C6H14.2C5H9F3.2C5H12.2C4H7F3.4C4H10.C3H8.C2H6/c1-7-5-3-2-4-6-7;1-3-5(2)4-6(7,8)9;1-6-4-2-3-5-6;1-4-6(3)5-2;1-4(2,3)5(6,7)8;1-3-4(2)5(6,7)8;1-4-5(2)3;1-3-5-4-2;2*1-3(2)4(5,6)7;2*1-4(2)3;2*1-3-4-2;1-3-2;1-2/h7H,2-6H2,1H3;5H,3-4H2,1-2H3;6H,2-5H2,1H3;6H,4-5H2,1-3H3;1-3H3;4H,3H2,1-2H3;5H,4H2,1-3H3;3-5H2,1-2H3;2*3H,1-2H3;2*4H,1-3H3;2*3-4H2,1-2H3;3H2,1-2H3;1-2H3/t;5-;;;;;;;;;;;;;;/m.0............../s1/i7D;;6D;;;;;;3D;;4D;;3D2;;;. The van der Waals surface area contributed by atoms with Crippen LogP contribution < -0.4 is 0 Å². The zero-order chi connectivity index (χ0) is 80.5. The number of hydrogen-bond acceptors (Lipinski definition) is 0. The minimum atomic E-state index is -4.40. The maximum absolute atomic E-state index is 11.6. The van der Waals surface area contributed by atoms with Crippen LogP contribution in [0, 0.1) is 64.5 Å². The van der Waals surface area contributed by atoms with Crippen molar-refractivity contribution in [2.75, 3.05) is 0 Å². The summed E-state index contributed by atoms with van der Waals surface area (Å²) in [6.07, 6.45) is 2.21. The molecule has 0 aromatic heterocycles. The first-order chi connectivity index (χ1) is 41.9. The van der Waals surface area contributed by atoms with Crippen molar-refractivity contribution >= 4 is 0 Å². The molecule has 0 N–H and O–H groups in total. The van der Waals surface area contributed by atoms with Gasteiger partial charge in [0.2, 0.25) is 0 Å². The number of halogens is 15. The van der Waals surface area contributed by atoms with Gasteiger partial charge in [-0.1, -0.05) is 377 Å². The lowest BCUT2D eigenvalue weighted by molar-refractivity contribution is -0.204. The van der Waals surface area contributed by atoms with Gasteiger partial charge in [-0.3, -0.25) is 0 Å². The quantitative estimate of drug-likeness (QED) is 0.191. The number of rotatable bonds is 10. The number of unbranched alkanes of at least 4 members (excludes halogenated alkanes) is 3. The van der Waals surface area contributed by atoms with Crippen molar-refractivity contribution < 1.29 is 74.1 Å². The third-order valence-electron chi connectivity index (χ3n) is 11.5. The van der Waals surface area contributed by atoms with Crippen molar-refractivity contribution in [2.45, 2.75) is 421 Å². The summed E-state index contributed by atoms with van der Waals surface area (Å²) < 4.78 is 213. The first-order valence-electron chi connectivity index (χ1n) is 37.2. The maximum atomic E-state index is 11.6. The van der Waals surface area contributed by atoms with Crippen molar-refractivity contribution in [1.82, 2.24) is 0 Å². The van der Waals surface area contributed by atoms with E-state index in [1.165, 1.54) is 104 Å². The Morgan fingerprint density at radius 2 is 0.640 bits per heavy atom. The summed E-state index contributed by atoms with van der Waals surface area (Å²) in [5, 5.41) is 0. The molecule has 0 amide bonds. The van der Waals surface area contributed by atoms with Gasteiger partial charge < -0.3 is 0 Å². The van der Waals surface area contributed by atoms with Gasteiger partial charge in [0.25, 0.3) is 0 Å². The largest absolute Gasteiger partial charge is 0.393 e. The van der Waals surface area contributed by atoms with E-state index in [9.17, 15) is 65.9 Å². The Labute approximate surface area is 557 Å². The fourth-order valence-corrected chi connectivity index (χ4v) is 3.55. The summed E-state index contributed by atoms with van der Waals surface area (Å²) in [6.45, 7) is 63.3. The van der Waals surface area contributed by atoms with Crippen LogP contribution in [0.25, 0.3) is 0 Å². The van der Waals surface area contributed by atoms with Gasteiger partial charge >= 0.3 is 30.9 Å². The van der Waals surface area contributed by atoms with Gasteiger partial charge in [0.1, 0.15) is 0 Å². The SMILES string of the molecule is CC.CC(C)(C)C(F)(F)F.CC(C)C.CC(C)C(F)(F)F.CCC.CCC(C)C.CCC(C)C(F)(F)F.CCC(C)CC.CCCC.CCCCC.CC[C@H](C)CC(F)(F)F.[2H]C(C)(C)C.[2H]C(C)(C)C(F)(F)F.[2H]C([2H])(C)CC.[2H]C1(C)CCCC1.[2H]C1(C)CCCCC1. The molecule has 0 bridgehead atoms. The Balaban J connectivity index is -0.0000000620. The van der Waals surface area contributed by atoms with Crippen molar-refractivity contribution in [3.8, 4) is 0 Å². The monoisotopic (exact) mass is 1340 g/mol. The van der Waals surface area contributed by atoms with E-state index in [1.807, 2.05) is 55.4 Å². The lowest BCUT2D eigenvalue weighted by atomic mass is 9.91. The molecule has 0 aromatic carbocycles. The van der Waals surface area contributed by atoms with E-state index in [1.54, 1.807) is 20.8 Å². The van der Waals surface area contributed by atoms with Gasteiger partial charge in [-0.25, -0.2) is 0 Å². The van der Waals surface area contributed by atoms with Crippen LogP contribution in [-0.4, -0.2) is 30.9 Å². The van der Waals surface area contributed by atoms with Crippen molar-refractivity contribution in [3.05, 3.63) is 0 Å². The van der Waals surface area contributed by atoms with Crippen LogP contribution in [0.1, 0.15) is 398 Å². The summed E-state index contributed by atoms with van der Waals surface area (Å²) >= 11 is 0. The van der Waals surface area contributed by atoms with E-state index in [0.29, 0.717) is 12.8 Å². The topological polar surface area (TPSA) is 0 Å². The van der Waals surface area contributed by atoms with E-state index in [2.05, 4.69) is 104 Å². The highest BCUT2D eigenvalue weighted by atomic mass is 19.4. The van der Waals surface area contributed by atoms with Crippen LogP contribution >= 0.6 is 0 Å². The highest BCUT2D eigenvalue weighted by Gasteiger charge is 2.43. The van der Waals surface area contributed by atoms with Crippen molar-refractivity contribution in [1.29, 1.82) is 0 Å². The lowest BCUT2D eigenvalue weighted by Crippen LogP contribution is -2.28. The summed E-state index contributed by atoms with van der Waals surface area (Å²) in [4.78, 5) is 0. The van der Waals surface area contributed by atoms with Gasteiger partial charge in [0, 0.05) is 26.5 Å². The minimum Gasteiger partial charge on any atom is -0.171 e. The maximum Gasteiger partial charge on any atom is 0.393 e. The Hall–Kier alpha value is -1.05. The molecule has 0 radical (unpaired) electrons. The molecule has 562 valence electrons. The highest BCUT2D eigenvalue weighted by molar-refractivity contribution is 4.70. The zero-order valence-electron chi connectivity index (χ0n) is 71.2. The van der Waals surface area contributed by atoms with E-state index >= 15 is 0 Å². The minimum absolute atomic E-state index is 0.0556. The van der Waals surface area contributed by atoms with Gasteiger partial charge in [-0.15, -0.1) is 0 Å². The molecule has 2 fully saturated rings. The fourth-order valence-electron chi connectivity index (χ4n) is 3.55. The Morgan fingerprint density at radius 1 is 0.416 bits per heavy atom. The first-order valence-corrected chi connectivity index (χ1v) is 34.2. The van der Waals surface area contributed by atoms with Crippen LogP contribution in [0.2, 0.25) is 0 Å². The predicted octanol–water partition coefficient (Wildman–Crippen LogP) is 33.4. The van der Waals surface area contributed by atoms with Crippen LogP contribution in [0.4, 0.5) is 65.9 Å². The van der Waals surface area contributed by atoms with Crippen molar-refractivity contribution in [3.63, 3.8) is 0 Å². The molecule has 0 aliphatic heterocycles. The third-order valence-corrected chi connectivity index (χ3v) is 11.5. The zero-order valence-corrected chi connectivity index (χ0v) is 65.2. The molecule has 15 heteroatoms. The summed E-state index contributed by atoms with van der Waals surface area (Å²) in [5.41, 5.74) is -1.56. The molecule has 0 nitrogen and oxygen atoms in total. The van der Waals surface area contributed by atoms with Gasteiger partial charge in [-0.2, -0.15) is 65.9 Å². The molecule has 2 rings (SSSR count). The molecule has 2 aliphatic carbocycles. The predicted molar refractivity (Wildman–Crippen MR) is 372 cm³/mol. The molecule has 0 spiro atoms. The Morgan fingerprint density at radius 3 is 0.685 bits per heavy atom. The highest BCUT2D eigenvalue weighted by Crippen LogP contribution is 2.36. The van der Waals surface area contributed by atoms with Crippen molar-refractivity contribution in [2.24, 2.45) is 64.5 Å². The molecule has 0 heterocycles. The first kappa shape index (κ1) is 104. The lowest BCUT2D eigenvalue weighted by Gasteiger charge is -2.21. The molecule has 1 unspecified atom stereocenters. The normalized spacial score (nSPS) is 15.6. The molecule has 2 aliphatic rings. The smallest absolute Gasteiger partial charge is 0.171 e. The molecule has 0 aromatic rings. The van der Waals surface area contributed by atoms with Crippen LogP contribution in [-0.2, 0) is 0 Å². The van der Waals surface area contributed by atoms with Gasteiger partial charge in [0.15, 0.2) is 0 Å². The molecule has 2 atom stereocenters. The average Bonchev–Trinajstić information content (AvgIpc) is 1.81. The third kappa shape index (κ3) is 175. The van der Waals surface area contributed by atoms with E-state index in [-0.39, 0.29) is 30.0 Å². The Bertz CT molecular complexity index is 1330. The molecule has 2 saturated carbocycles. The van der Waals surface area contributed by atoms with Crippen LogP contribution in [0.5, 0.6) is 0 Å². The van der Waals surface area contributed by atoms with E-state index < -0.39 is 66.8 Å². The molecule has 0 saturated heterocycles. The second-order valence-corrected chi connectivity index (χ2v) is 25.5. The van der Waals surface area contributed by atoms with E-state index in [4.69, 9.17) is 8.22 Å². The summed E-state index contributed by atoms with van der Waals surface area (Å²) in [7, 11) is 0. The summed E-state index contributed by atoms with van der Waals surface area (Å²) in [6, 6.07) is 0. The Kier molecular flexibility index (Phi) is 97.1. The average molecular weight is 1340 g/mol. The molecule has 89 heavy (non-hydrogen) atoms. The second kappa shape index (κ2) is 83.0. The van der Waals surface area contributed by atoms with Gasteiger partial charge in [0.05, 0.1) is 11.3 Å². The number of alkyl halides is 15. The van der Waals surface area contributed by atoms with Crippen LogP contribution in [0.15, 0.2) is 0 Å². The summed E-state index contributed by atoms with van der Waals surface area (Å²) in [5.74, 6) is -2.62. The van der Waals surface area contributed by atoms with Crippen LogP contribution in [0.3, 0.4) is 0 Å². The van der Waals surface area contributed by atoms with E-state index in [0.717, 1.165) is 91.9 Å². The number of hydrogen-bond donors (Lipinski definition) is 0. The second-order valence-electron chi connectivity index (χ2n) is 25.5.